The fraction of sp³-hybridized carbons (Fsp3) is 0.438. The van der Waals surface area contributed by atoms with E-state index in [1.807, 2.05) is 0 Å². The SMILES string of the molecule is COC(=O)/C=C/c1cccc(OCOCC[Si](C)(C)C)c1O. The molecule has 0 aliphatic heterocycles. The zero-order chi connectivity index (χ0) is 16.6. The van der Waals surface area contributed by atoms with Gasteiger partial charge in [-0.3, -0.25) is 0 Å². The van der Waals surface area contributed by atoms with E-state index in [-0.39, 0.29) is 12.5 Å². The van der Waals surface area contributed by atoms with Crippen molar-refractivity contribution in [3.8, 4) is 11.5 Å². The fourth-order valence-electron chi connectivity index (χ4n) is 1.56. The van der Waals surface area contributed by atoms with E-state index < -0.39 is 14.0 Å². The highest BCUT2D eigenvalue weighted by Crippen LogP contribution is 2.30. The number of esters is 1. The number of benzene rings is 1. The number of carbonyl (C=O) groups is 1. The second-order valence-corrected chi connectivity index (χ2v) is 11.7. The molecule has 6 heteroatoms. The summed E-state index contributed by atoms with van der Waals surface area (Å²) in [6, 6.07) is 6.11. The molecular weight excluding hydrogens is 300 g/mol. The third-order valence-electron chi connectivity index (χ3n) is 2.92. The van der Waals surface area contributed by atoms with Gasteiger partial charge in [0.15, 0.2) is 18.3 Å². The van der Waals surface area contributed by atoms with Crippen LogP contribution in [0.25, 0.3) is 6.08 Å². The van der Waals surface area contributed by atoms with Gasteiger partial charge in [-0.05, 0) is 18.2 Å². The minimum atomic E-state index is -1.11. The standard InChI is InChI=1S/C16H24O5Si/c1-19-15(17)9-8-13-6-5-7-14(16(13)18)21-12-20-10-11-22(2,3)4/h5-9,18H,10-12H2,1-4H3/b9-8+. The van der Waals surface area contributed by atoms with Crippen LogP contribution in [0.15, 0.2) is 24.3 Å². The fourth-order valence-corrected chi connectivity index (χ4v) is 2.32. The van der Waals surface area contributed by atoms with E-state index >= 15 is 0 Å². The molecule has 1 aromatic carbocycles. The highest BCUT2D eigenvalue weighted by atomic mass is 28.3. The molecule has 0 atom stereocenters. The van der Waals surface area contributed by atoms with E-state index in [9.17, 15) is 9.90 Å². The van der Waals surface area contributed by atoms with Crippen LogP contribution in [0.5, 0.6) is 11.5 Å². The highest BCUT2D eigenvalue weighted by molar-refractivity contribution is 6.76. The van der Waals surface area contributed by atoms with Gasteiger partial charge in [0.25, 0.3) is 0 Å². The number of hydrogen-bond acceptors (Lipinski definition) is 5. The van der Waals surface area contributed by atoms with E-state index in [0.717, 1.165) is 6.04 Å². The monoisotopic (exact) mass is 324 g/mol. The topological polar surface area (TPSA) is 65.0 Å². The Hall–Kier alpha value is -1.79. The minimum absolute atomic E-state index is 0.0311. The molecule has 0 saturated heterocycles. The summed E-state index contributed by atoms with van der Waals surface area (Å²) in [5, 5.41) is 10.1. The lowest BCUT2D eigenvalue weighted by Gasteiger charge is -2.15. The molecule has 0 fully saturated rings. The van der Waals surface area contributed by atoms with Crippen molar-refractivity contribution in [2.75, 3.05) is 20.5 Å². The number of ether oxygens (including phenoxy) is 3. The van der Waals surface area contributed by atoms with E-state index in [1.165, 1.54) is 19.3 Å². The maximum absolute atomic E-state index is 11.1. The molecule has 0 radical (unpaired) electrons. The van der Waals surface area contributed by atoms with E-state index in [1.54, 1.807) is 18.2 Å². The zero-order valence-electron chi connectivity index (χ0n) is 13.6. The van der Waals surface area contributed by atoms with Crippen LogP contribution in [0.3, 0.4) is 0 Å². The molecule has 0 saturated carbocycles. The first kappa shape index (κ1) is 18.3. The van der Waals surface area contributed by atoms with Gasteiger partial charge in [0.05, 0.1) is 7.11 Å². The Morgan fingerprint density at radius 1 is 1.32 bits per heavy atom. The van der Waals surface area contributed by atoms with Crippen molar-refractivity contribution in [3.05, 3.63) is 29.8 Å². The Labute approximate surface area is 132 Å². The average Bonchev–Trinajstić information content (AvgIpc) is 2.45. The first-order valence-electron chi connectivity index (χ1n) is 7.12. The number of phenols is 1. The number of para-hydroxylation sites is 1. The molecule has 0 unspecified atom stereocenters. The van der Waals surface area contributed by atoms with Gasteiger partial charge in [-0.2, -0.15) is 0 Å². The predicted octanol–water partition coefficient (Wildman–Crippen LogP) is 3.27. The van der Waals surface area contributed by atoms with Crippen LogP contribution < -0.4 is 4.74 Å². The molecule has 0 aliphatic rings. The molecule has 0 bridgehead atoms. The highest BCUT2D eigenvalue weighted by Gasteiger charge is 2.12. The zero-order valence-corrected chi connectivity index (χ0v) is 14.6. The van der Waals surface area contributed by atoms with Gasteiger partial charge in [0, 0.05) is 26.3 Å². The lowest BCUT2D eigenvalue weighted by atomic mass is 10.1. The maximum atomic E-state index is 11.1. The van der Waals surface area contributed by atoms with Crippen LogP contribution in [-0.2, 0) is 14.3 Å². The Morgan fingerprint density at radius 2 is 2.05 bits per heavy atom. The largest absolute Gasteiger partial charge is 0.504 e. The van der Waals surface area contributed by atoms with Crippen LogP contribution in [0.2, 0.25) is 25.7 Å². The average molecular weight is 324 g/mol. The van der Waals surface area contributed by atoms with Crippen LogP contribution in [0.4, 0.5) is 0 Å². The summed E-state index contributed by atoms with van der Waals surface area (Å²) < 4.78 is 15.4. The van der Waals surface area contributed by atoms with Crippen molar-refractivity contribution in [3.63, 3.8) is 0 Å². The molecule has 0 spiro atoms. The molecule has 0 aromatic heterocycles. The van der Waals surface area contributed by atoms with Gasteiger partial charge in [-0.15, -0.1) is 0 Å². The van der Waals surface area contributed by atoms with E-state index in [2.05, 4.69) is 24.4 Å². The van der Waals surface area contributed by atoms with Gasteiger partial charge in [0.1, 0.15) is 0 Å². The summed E-state index contributed by atoms with van der Waals surface area (Å²) in [4.78, 5) is 11.1. The Bertz CT molecular complexity index is 520. The molecule has 1 aromatic rings. The van der Waals surface area contributed by atoms with Crippen molar-refractivity contribution in [1.82, 2.24) is 0 Å². The number of carbonyl (C=O) groups excluding carboxylic acids is 1. The first-order chi connectivity index (χ1) is 10.3. The number of methoxy groups -OCH3 is 1. The smallest absolute Gasteiger partial charge is 0.330 e. The summed E-state index contributed by atoms with van der Waals surface area (Å²) in [6.07, 6.45) is 2.71. The van der Waals surface area contributed by atoms with E-state index in [4.69, 9.17) is 9.47 Å². The first-order valence-corrected chi connectivity index (χ1v) is 10.8. The van der Waals surface area contributed by atoms with Crippen LogP contribution in [0, 0.1) is 0 Å². The quantitative estimate of drug-likeness (QED) is 0.261. The van der Waals surface area contributed by atoms with Crippen molar-refractivity contribution in [2.24, 2.45) is 0 Å². The number of hydrogen-bond donors (Lipinski definition) is 1. The van der Waals surface area contributed by atoms with Gasteiger partial charge in [-0.1, -0.05) is 31.8 Å². The molecule has 0 heterocycles. The molecule has 1 N–H and O–H groups in total. The lowest BCUT2D eigenvalue weighted by Crippen LogP contribution is -2.22. The Balaban J connectivity index is 2.54. The molecule has 22 heavy (non-hydrogen) atoms. The summed E-state index contributed by atoms with van der Waals surface area (Å²) >= 11 is 0. The minimum Gasteiger partial charge on any atom is -0.504 e. The summed E-state index contributed by atoms with van der Waals surface area (Å²) in [5.41, 5.74) is 0.477. The van der Waals surface area contributed by atoms with Crippen molar-refractivity contribution in [2.45, 2.75) is 25.7 Å². The Kier molecular flexibility index (Phi) is 7.14. The third-order valence-corrected chi connectivity index (χ3v) is 4.63. The van der Waals surface area contributed by atoms with Crippen molar-refractivity contribution < 1.29 is 24.1 Å². The second-order valence-electron chi connectivity index (χ2n) is 6.03. The van der Waals surface area contributed by atoms with Crippen LogP contribution in [0.1, 0.15) is 5.56 Å². The van der Waals surface area contributed by atoms with Crippen LogP contribution >= 0.6 is 0 Å². The second kappa shape index (κ2) is 8.60. The number of rotatable bonds is 8. The lowest BCUT2D eigenvalue weighted by molar-refractivity contribution is -0.134. The van der Waals surface area contributed by atoms with Gasteiger partial charge < -0.3 is 19.3 Å². The van der Waals surface area contributed by atoms with Crippen molar-refractivity contribution in [1.29, 1.82) is 0 Å². The maximum Gasteiger partial charge on any atom is 0.330 e. The van der Waals surface area contributed by atoms with Crippen molar-refractivity contribution >= 4 is 20.1 Å². The van der Waals surface area contributed by atoms with Gasteiger partial charge >= 0.3 is 5.97 Å². The summed E-state index contributed by atoms with van der Waals surface area (Å²) in [6.45, 7) is 7.57. The van der Waals surface area contributed by atoms with Gasteiger partial charge in [-0.25, -0.2) is 4.79 Å². The molecule has 5 nitrogen and oxygen atoms in total. The van der Waals surface area contributed by atoms with Gasteiger partial charge in [0.2, 0.25) is 0 Å². The molecule has 122 valence electrons. The predicted molar refractivity (Wildman–Crippen MR) is 88.8 cm³/mol. The third kappa shape index (κ3) is 6.78. The summed E-state index contributed by atoms with van der Waals surface area (Å²) in [5.74, 6) is -0.197. The number of aromatic hydroxyl groups is 1. The molecule has 0 amide bonds. The normalized spacial score (nSPS) is 11.6. The number of phenolic OH excluding ortho intramolecular Hbond substituents is 1. The molecule has 1 rings (SSSR count). The molecule has 0 aliphatic carbocycles. The van der Waals surface area contributed by atoms with E-state index in [0.29, 0.717) is 17.9 Å². The molecular formula is C16H24O5Si. The Morgan fingerprint density at radius 3 is 2.68 bits per heavy atom. The van der Waals surface area contributed by atoms with Crippen LogP contribution in [-0.4, -0.2) is 39.7 Å². The summed E-state index contributed by atoms with van der Waals surface area (Å²) in [7, 11) is 0.181.